The molecule has 0 aromatic heterocycles. The first kappa shape index (κ1) is 12.5. The second-order valence-corrected chi connectivity index (χ2v) is 2.83. The monoisotopic (exact) mass is 242 g/mol. The van der Waals surface area contributed by atoms with E-state index in [1.807, 2.05) is 0 Å². The standard InChI is InChI=1S/C9H7F5O2/c1-5-3-2-4-6(16-9(12,13)14)7(5)15-8(10)11/h2-4,8H,1H3. The Morgan fingerprint density at radius 3 is 2.31 bits per heavy atom. The van der Waals surface area contributed by atoms with Crippen molar-refractivity contribution in [1.29, 1.82) is 0 Å². The molecule has 0 radical (unpaired) electrons. The van der Waals surface area contributed by atoms with E-state index in [0.29, 0.717) is 0 Å². The van der Waals surface area contributed by atoms with Gasteiger partial charge in [0.15, 0.2) is 11.5 Å². The molecule has 0 atom stereocenters. The van der Waals surface area contributed by atoms with Crippen molar-refractivity contribution >= 4 is 0 Å². The molecule has 7 heteroatoms. The zero-order valence-electron chi connectivity index (χ0n) is 8.02. The lowest BCUT2D eigenvalue weighted by Crippen LogP contribution is -2.18. The van der Waals surface area contributed by atoms with Crippen molar-refractivity contribution < 1.29 is 31.4 Å². The maximum atomic E-state index is 12.0. The van der Waals surface area contributed by atoms with Crippen LogP contribution in [-0.4, -0.2) is 13.0 Å². The molecule has 0 spiro atoms. The Morgan fingerprint density at radius 1 is 1.19 bits per heavy atom. The van der Waals surface area contributed by atoms with Crippen molar-refractivity contribution in [2.24, 2.45) is 0 Å². The Labute approximate surface area is 87.6 Å². The minimum atomic E-state index is -4.95. The van der Waals surface area contributed by atoms with Crippen molar-refractivity contribution in [3.63, 3.8) is 0 Å². The average molecular weight is 242 g/mol. The molecule has 0 amide bonds. The first-order chi connectivity index (χ1) is 7.29. The van der Waals surface area contributed by atoms with E-state index in [1.165, 1.54) is 19.1 Å². The first-order valence-corrected chi connectivity index (χ1v) is 4.10. The van der Waals surface area contributed by atoms with E-state index in [1.54, 1.807) is 0 Å². The van der Waals surface area contributed by atoms with Gasteiger partial charge in [0.05, 0.1) is 0 Å². The summed E-state index contributed by atoms with van der Waals surface area (Å²) in [6, 6.07) is 3.48. The van der Waals surface area contributed by atoms with E-state index in [4.69, 9.17) is 0 Å². The Kier molecular flexibility index (Phi) is 3.56. The van der Waals surface area contributed by atoms with E-state index >= 15 is 0 Å². The van der Waals surface area contributed by atoms with Crippen molar-refractivity contribution in [2.75, 3.05) is 0 Å². The second-order valence-electron chi connectivity index (χ2n) is 2.83. The molecule has 0 aliphatic carbocycles. The van der Waals surface area contributed by atoms with Crippen molar-refractivity contribution in [3.05, 3.63) is 23.8 Å². The topological polar surface area (TPSA) is 18.5 Å². The molecular formula is C9H7F5O2. The first-order valence-electron chi connectivity index (χ1n) is 4.10. The van der Waals surface area contributed by atoms with Gasteiger partial charge in [0.1, 0.15) is 0 Å². The summed E-state index contributed by atoms with van der Waals surface area (Å²) >= 11 is 0. The minimum Gasteiger partial charge on any atom is -0.431 e. The molecule has 0 heterocycles. The number of ether oxygens (including phenoxy) is 2. The Hall–Kier alpha value is -1.53. The molecule has 0 saturated carbocycles. The van der Waals surface area contributed by atoms with Crippen LogP contribution < -0.4 is 9.47 Å². The largest absolute Gasteiger partial charge is 0.573 e. The van der Waals surface area contributed by atoms with Crippen molar-refractivity contribution in [1.82, 2.24) is 0 Å². The quantitative estimate of drug-likeness (QED) is 0.755. The Balaban J connectivity index is 3.03. The highest BCUT2D eigenvalue weighted by molar-refractivity contribution is 5.46. The Morgan fingerprint density at radius 2 is 1.81 bits per heavy atom. The predicted octanol–water partition coefficient (Wildman–Crippen LogP) is 3.50. The molecule has 2 nitrogen and oxygen atoms in total. The predicted molar refractivity (Wildman–Crippen MR) is 44.5 cm³/mol. The third kappa shape index (κ3) is 3.56. The number of hydrogen-bond acceptors (Lipinski definition) is 2. The van der Waals surface area contributed by atoms with Crippen LogP contribution in [0.15, 0.2) is 18.2 Å². The zero-order chi connectivity index (χ0) is 12.3. The number of para-hydroxylation sites is 1. The summed E-state index contributed by atoms with van der Waals surface area (Å²) in [4.78, 5) is 0. The van der Waals surface area contributed by atoms with Gasteiger partial charge in [-0.1, -0.05) is 12.1 Å². The van der Waals surface area contributed by atoms with Crippen LogP contribution in [0.5, 0.6) is 11.5 Å². The lowest BCUT2D eigenvalue weighted by atomic mass is 10.2. The number of rotatable bonds is 3. The summed E-state index contributed by atoms with van der Waals surface area (Å²) in [5, 5.41) is 0. The highest BCUT2D eigenvalue weighted by atomic mass is 19.4. The van der Waals surface area contributed by atoms with Gasteiger partial charge in [0, 0.05) is 0 Å². The van der Waals surface area contributed by atoms with Crippen LogP contribution in [0.4, 0.5) is 22.0 Å². The summed E-state index contributed by atoms with van der Waals surface area (Å²) in [6.45, 7) is -1.88. The van der Waals surface area contributed by atoms with Gasteiger partial charge in [-0.25, -0.2) is 0 Å². The smallest absolute Gasteiger partial charge is 0.431 e. The maximum Gasteiger partial charge on any atom is 0.573 e. The molecule has 0 aliphatic rings. The average Bonchev–Trinajstić information content (AvgIpc) is 2.08. The van der Waals surface area contributed by atoms with Gasteiger partial charge in [-0.2, -0.15) is 8.78 Å². The molecule has 16 heavy (non-hydrogen) atoms. The third-order valence-corrected chi connectivity index (χ3v) is 1.61. The number of aryl methyl sites for hydroxylation is 1. The van der Waals surface area contributed by atoms with Gasteiger partial charge in [0.25, 0.3) is 0 Å². The summed E-state index contributed by atoms with van der Waals surface area (Å²) in [5.74, 6) is -1.40. The van der Waals surface area contributed by atoms with Gasteiger partial charge < -0.3 is 9.47 Å². The van der Waals surface area contributed by atoms with E-state index in [9.17, 15) is 22.0 Å². The maximum absolute atomic E-state index is 12.0. The molecular weight excluding hydrogens is 235 g/mol. The van der Waals surface area contributed by atoms with Crippen LogP contribution in [0, 0.1) is 6.92 Å². The van der Waals surface area contributed by atoms with Crippen LogP contribution in [0.25, 0.3) is 0 Å². The van der Waals surface area contributed by atoms with E-state index in [2.05, 4.69) is 9.47 Å². The lowest BCUT2D eigenvalue weighted by Gasteiger charge is -2.15. The molecule has 0 fully saturated rings. The number of benzene rings is 1. The lowest BCUT2D eigenvalue weighted by molar-refractivity contribution is -0.275. The zero-order valence-corrected chi connectivity index (χ0v) is 8.02. The molecule has 0 unspecified atom stereocenters. The second kappa shape index (κ2) is 4.54. The molecule has 0 saturated heterocycles. The molecule has 1 rings (SSSR count). The summed E-state index contributed by atoms with van der Waals surface area (Å²) in [5.41, 5.74) is 0.127. The van der Waals surface area contributed by atoms with Crippen LogP contribution in [0.3, 0.4) is 0 Å². The van der Waals surface area contributed by atoms with Crippen LogP contribution in [0.1, 0.15) is 5.56 Å². The normalized spacial score (nSPS) is 11.7. The Bertz CT molecular complexity index is 361. The summed E-state index contributed by atoms with van der Waals surface area (Å²) < 4.78 is 67.2. The third-order valence-electron chi connectivity index (χ3n) is 1.61. The van der Waals surface area contributed by atoms with Gasteiger partial charge in [-0.3, -0.25) is 0 Å². The molecule has 0 bridgehead atoms. The summed E-state index contributed by atoms with van der Waals surface area (Å²) in [6.07, 6.45) is -4.95. The van der Waals surface area contributed by atoms with Crippen LogP contribution >= 0.6 is 0 Å². The molecule has 1 aromatic rings. The fourth-order valence-corrected chi connectivity index (χ4v) is 1.07. The van der Waals surface area contributed by atoms with Gasteiger partial charge >= 0.3 is 13.0 Å². The minimum absolute atomic E-state index is 0.127. The SMILES string of the molecule is Cc1cccc(OC(F)(F)F)c1OC(F)F. The van der Waals surface area contributed by atoms with E-state index in [-0.39, 0.29) is 5.56 Å². The van der Waals surface area contributed by atoms with Crippen molar-refractivity contribution in [3.8, 4) is 11.5 Å². The number of alkyl halides is 5. The van der Waals surface area contributed by atoms with E-state index < -0.39 is 24.5 Å². The molecule has 0 aliphatic heterocycles. The number of halogens is 5. The fraction of sp³-hybridized carbons (Fsp3) is 0.333. The molecule has 0 N–H and O–H groups in total. The van der Waals surface area contributed by atoms with Crippen LogP contribution in [0.2, 0.25) is 0 Å². The van der Waals surface area contributed by atoms with Crippen LogP contribution in [-0.2, 0) is 0 Å². The van der Waals surface area contributed by atoms with Gasteiger partial charge in [-0.05, 0) is 18.6 Å². The van der Waals surface area contributed by atoms with Crippen molar-refractivity contribution in [2.45, 2.75) is 19.9 Å². The highest BCUT2D eigenvalue weighted by Gasteiger charge is 2.33. The molecule has 90 valence electrons. The van der Waals surface area contributed by atoms with Gasteiger partial charge in [0.2, 0.25) is 0 Å². The fourth-order valence-electron chi connectivity index (χ4n) is 1.07. The number of hydrogen-bond donors (Lipinski definition) is 0. The van der Waals surface area contributed by atoms with E-state index in [0.717, 1.165) is 6.07 Å². The summed E-state index contributed by atoms with van der Waals surface area (Å²) in [7, 11) is 0. The highest BCUT2D eigenvalue weighted by Crippen LogP contribution is 2.35. The van der Waals surface area contributed by atoms with Gasteiger partial charge in [-0.15, -0.1) is 13.2 Å². The molecule has 1 aromatic carbocycles.